The lowest BCUT2D eigenvalue weighted by Gasteiger charge is -2.36. The fourth-order valence-corrected chi connectivity index (χ4v) is 9.17. The molecule has 57 heavy (non-hydrogen) atoms. The Kier molecular flexibility index (Phi) is 11.1. The number of piperazine rings is 1. The summed E-state index contributed by atoms with van der Waals surface area (Å²) in [7, 11) is 3.50. The van der Waals surface area contributed by atoms with E-state index in [9.17, 15) is 14.7 Å². The molecule has 4 aliphatic rings. The quantitative estimate of drug-likeness (QED) is 0.197. The van der Waals surface area contributed by atoms with Crippen molar-refractivity contribution in [3.63, 3.8) is 0 Å². The van der Waals surface area contributed by atoms with Gasteiger partial charge in [-0.15, -0.1) is 0 Å². The van der Waals surface area contributed by atoms with Gasteiger partial charge in [0.25, 0.3) is 5.91 Å². The van der Waals surface area contributed by atoms with Gasteiger partial charge in [-0.3, -0.25) is 24.5 Å². The van der Waals surface area contributed by atoms with Crippen LogP contribution in [0.25, 0.3) is 33.3 Å². The predicted molar refractivity (Wildman–Crippen MR) is 223 cm³/mol. The van der Waals surface area contributed by atoms with E-state index >= 15 is 0 Å². The number of pyridine rings is 1. The second-order valence-electron chi connectivity index (χ2n) is 17.3. The Morgan fingerprint density at radius 1 is 1.04 bits per heavy atom. The third-order valence-electron chi connectivity index (χ3n) is 12.5. The SMILES string of the molecule is CCn1c(-c2cc(N3CCN(C4CC4)CC3)cnc2[C@H](C)OC)c2c3cc(ccc31)-c1cc(O)cc(c1)C[C@H](NC)C(=O)N1CCC[C@H](N1)C(=O)OCC(C)(C)C2. The number of aromatic nitrogens is 2. The van der Waals surface area contributed by atoms with E-state index in [-0.39, 0.29) is 30.3 Å². The first kappa shape index (κ1) is 39.3. The highest BCUT2D eigenvalue weighted by atomic mass is 16.5. The number of ether oxygens (including phenoxy) is 2. The van der Waals surface area contributed by atoms with E-state index in [1.54, 1.807) is 31.3 Å². The van der Waals surface area contributed by atoms with E-state index in [0.29, 0.717) is 32.2 Å². The van der Waals surface area contributed by atoms with Crippen molar-refractivity contribution in [3.05, 3.63) is 65.5 Å². The molecule has 1 amide bonds. The number of methoxy groups -OCH3 is 1. The normalized spacial score (nSPS) is 22.7. The number of fused-ring (bicyclic) bond motifs is 6. The van der Waals surface area contributed by atoms with Crippen LogP contribution in [0.2, 0.25) is 0 Å². The fourth-order valence-electron chi connectivity index (χ4n) is 9.17. The van der Waals surface area contributed by atoms with Gasteiger partial charge in [-0.25, -0.2) is 5.43 Å². The molecule has 0 spiro atoms. The molecule has 3 aliphatic heterocycles. The van der Waals surface area contributed by atoms with E-state index in [1.807, 2.05) is 6.20 Å². The maximum absolute atomic E-state index is 13.8. The molecule has 0 unspecified atom stereocenters. The maximum atomic E-state index is 13.8. The molecular weight excluding hydrogens is 719 g/mol. The number of phenolic OH excluding ortho intramolecular Hbond substituents is 1. The molecule has 6 bridgehead atoms. The van der Waals surface area contributed by atoms with Gasteiger partial charge in [0.1, 0.15) is 11.8 Å². The Labute approximate surface area is 336 Å². The highest BCUT2D eigenvalue weighted by molar-refractivity contribution is 5.96. The van der Waals surface area contributed by atoms with E-state index in [0.717, 1.165) is 94.6 Å². The average Bonchev–Trinajstić information content (AvgIpc) is 4.04. The molecule has 4 aromatic rings. The second kappa shape index (κ2) is 16.0. The number of hydrogen-bond donors (Lipinski definition) is 3. The van der Waals surface area contributed by atoms with Gasteiger partial charge in [0.05, 0.1) is 42.0 Å². The van der Waals surface area contributed by atoms with Crippen LogP contribution in [0.5, 0.6) is 5.75 Å². The smallest absolute Gasteiger partial charge is 0.324 e. The number of likely N-dealkylation sites (N-methyl/N-ethyl adjacent to an activating group) is 1. The van der Waals surface area contributed by atoms with Gasteiger partial charge < -0.3 is 29.4 Å². The lowest BCUT2D eigenvalue weighted by Crippen LogP contribution is -2.59. The molecule has 2 saturated heterocycles. The van der Waals surface area contributed by atoms with Crippen LogP contribution in [0.4, 0.5) is 5.69 Å². The number of cyclic esters (lactones) is 1. The molecule has 1 saturated carbocycles. The number of hydrazine groups is 1. The highest BCUT2D eigenvalue weighted by Crippen LogP contribution is 2.43. The predicted octanol–water partition coefficient (Wildman–Crippen LogP) is 5.84. The molecule has 12 heteroatoms. The van der Waals surface area contributed by atoms with Crippen molar-refractivity contribution < 1.29 is 24.2 Å². The minimum absolute atomic E-state index is 0.144. The molecule has 12 nitrogen and oxygen atoms in total. The first-order chi connectivity index (χ1) is 27.5. The molecule has 304 valence electrons. The van der Waals surface area contributed by atoms with Crippen molar-refractivity contribution in [3.8, 4) is 28.1 Å². The van der Waals surface area contributed by atoms with Crippen molar-refractivity contribution in [1.82, 2.24) is 30.2 Å². The lowest BCUT2D eigenvalue weighted by molar-refractivity contribution is -0.155. The molecule has 1 aliphatic carbocycles. The monoisotopic (exact) mass is 777 g/mol. The topological polar surface area (TPSA) is 124 Å². The molecule has 3 atom stereocenters. The van der Waals surface area contributed by atoms with E-state index < -0.39 is 17.5 Å². The molecule has 3 N–H and O–H groups in total. The zero-order chi connectivity index (χ0) is 40.0. The number of nitrogens with one attached hydrogen (secondary N) is 2. The van der Waals surface area contributed by atoms with Crippen molar-refractivity contribution in [2.75, 3.05) is 58.4 Å². The van der Waals surface area contributed by atoms with Gasteiger partial charge in [0.15, 0.2) is 0 Å². The van der Waals surface area contributed by atoms with E-state index in [2.05, 4.69) is 83.1 Å². The third kappa shape index (κ3) is 8.02. The number of hydrogen-bond acceptors (Lipinski definition) is 10. The summed E-state index contributed by atoms with van der Waals surface area (Å²) in [5.41, 5.74) is 11.8. The number of aromatic hydroxyl groups is 1. The number of benzene rings is 2. The van der Waals surface area contributed by atoms with Gasteiger partial charge >= 0.3 is 5.97 Å². The largest absolute Gasteiger partial charge is 0.508 e. The third-order valence-corrected chi connectivity index (χ3v) is 12.5. The summed E-state index contributed by atoms with van der Waals surface area (Å²) in [5, 5.41) is 16.9. The van der Waals surface area contributed by atoms with Crippen LogP contribution in [-0.4, -0.2) is 108 Å². The number of rotatable bonds is 7. The van der Waals surface area contributed by atoms with E-state index in [4.69, 9.17) is 14.5 Å². The summed E-state index contributed by atoms with van der Waals surface area (Å²) >= 11 is 0. The Balaban J connectivity index is 1.29. The number of amides is 1. The zero-order valence-corrected chi connectivity index (χ0v) is 34.4. The molecular formula is C45H59N7O5. The summed E-state index contributed by atoms with van der Waals surface area (Å²) in [6, 6.07) is 14.0. The summed E-state index contributed by atoms with van der Waals surface area (Å²) < 4.78 is 14.5. The first-order valence-electron chi connectivity index (χ1n) is 20.9. The van der Waals surface area contributed by atoms with Crippen LogP contribution in [0.15, 0.2) is 48.7 Å². The fraction of sp³-hybridized carbons (Fsp3) is 0.533. The standard InChI is InChI=1S/C45H59N7O5/c1-7-51-40-13-10-30-23-35(40)37(42(51)36-24-33(26-47-41(36)28(2)56-6)50-17-15-49(16-18-50)32-11-12-32)25-45(3,4)27-57-44(55)38-9-8-14-52(48-38)43(54)39(46-5)21-29-19-31(30)22-34(53)20-29/h10,13,19-20,22-24,26,28,32,38-39,46,48,53H,7-9,11-12,14-18,21,25,27H2,1-6H3/t28-,38-,39-/m0/s1. The minimum Gasteiger partial charge on any atom is -0.508 e. The molecule has 3 fully saturated rings. The molecule has 2 aromatic heterocycles. The van der Waals surface area contributed by atoms with Crippen molar-refractivity contribution in [1.29, 1.82) is 0 Å². The number of aryl methyl sites for hydroxylation is 1. The van der Waals surface area contributed by atoms with Crippen LogP contribution >= 0.6 is 0 Å². The lowest BCUT2D eigenvalue weighted by atomic mass is 9.84. The van der Waals surface area contributed by atoms with Gasteiger partial charge in [0, 0.05) is 74.3 Å². The van der Waals surface area contributed by atoms with Crippen LogP contribution in [0.1, 0.15) is 76.3 Å². The number of anilines is 1. The summed E-state index contributed by atoms with van der Waals surface area (Å²) in [5.74, 6) is -0.360. The average molecular weight is 778 g/mol. The Bertz CT molecular complexity index is 2140. The Hall–Kier alpha value is -4.49. The van der Waals surface area contributed by atoms with Crippen molar-refractivity contribution in [2.45, 2.75) is 97.0 Å². The minimum atomic E-state index is -0.625. The van der Waals surface area contributed by atoms with Crippen LogP contribution in [-0.2, 0) is 38.4 Å². The number of carbonyl (C=O) groups excluding carboxylic acids is 2. The Morgan fingerprint density at radius 3 is 2.54 bits per heavy atom. The van der Waals surface area contributed by atoms with Crippen molar-refractivity contribution in [2.24, 2.45) is 5.41 Å². The highest BCUT2D eigenvalue weighted by Gasteiger charge is 2.35. The number of phenols is 1. The van der Waals surface area contributed by atoms with E-state index in [1.165, 1.54) is 12.8 Å². The first-order valence-corrected chi connectivity index (χ1v) is 20.9. The van der Waals surface area contributed by atoms with Crippen LogP contribution in [0.3, 0.4) is 0 Å². The summed E-state index contributed by atoms with van der Waals surface area (Å²) in [6.45, 7) is 14.0. The summed E-state index contributed by atoms with van der Waals surface area (Å²) in [4.78, 5) is 37.7. The van der Waals surface area contributed by atoms with Gasteiger partial charge in [-0.05, 0) is 112 Å². The Morgan fingerprint density at radius 2 is 1.82 bits per heavy atom. The van der Waals surface area contributed by atoms with Crippen molar-refractivity contribution >= 4 is 28.5 Å². The zero-order valence-electron chi connectivity index (χ0n) is 34.4. The van der Waals surface area contributed by atoms with Gasteiger partial charge in [-0.1, -0.05) is 26.0 Å². The molecule has 0 radical (unpaired) electrons. The number of nitrogens with zero attached hydrogens (tertiary/aromatic N) is 5. The number of esters is 1. The van der Waals surface area contributed by atoms with Gasteiger partial charge in [0.2, 0.25) is 0 Å². The molecule has 2 aromatic carbocycles. The van der Waals surface area contributed by atoms with Crippen LogP contribution < -0.4 is 15.6 Å². The second-order valence-corrected chi connectivity index (χ2v) is 17.3. The molecule has 8 rings (SSSR count). The van der Waals surface area contributed by atoms with Gasteiger partial charge in [-0.2, -0.15) is 0 Å². The molecule has 5 heterocycles. The maximum Gasteiger partial charge on any atom is 0.324 e. The summed E-state index contributed by atoms with van der Waals surface area (Å²) in [6.07, 6.45) is 6.64. The van der Waals surface area contributed by atoms with Crippen LogP contribution in [0, 0.1) is 5.41 Å². The number of carbonyl (C=O) groups is 2.